The molecular formula is C15H30N2O2. The summed E-state index contributed by atoms with van der Waals surface area (Å²) in [7, 11) is 4.08. The maximum atomic E-state index is 12.4. The molecule has 0 saturated heterocycles. The van der Waals surface area contributed by atoms with E-state index in [-0.39, 0.29) is 11.4 Å². The Morgan fingerprint density at radius 2 is 2.05 bits per heavy atom. The van der Waals surface area contributed by atoms with Gasteiger partial charge in [-0.2, -0.15) is 0 Å². The minimum Gasteiger partial charge on any atom is -0.465 e. The van der Waals surface area contributed by atoms with Crippen molar-refractivity contribution in [3.05, 3.63) is 0 Å². The highest BCUT2D eigenvalue weighted by atomic mass is 16.5. The van der Waals surface area contributed by atoms with Crippen molar-refractivity contribution in [1.82, 2.24) is 10.2 Å². The van der Waals surface area contributed by atoms with E-state index in [9.17, 15) is 4.79 Å². The van der Waals surface area contributed by atoms with Crippen LogP contribution >= 0.6 is 0 Å². The predicted octanol–water partition coefficient (Wildman–Crippen LogP) is 1.90. The third-order valence-electron chi connectivity index (χ3n) is 4.10. The SMILES string of the molecule is CCOC(=O)C1(NCCN(C)C)CC(C)(C)CC1C. The van der Waals surface area contributed by atoms with Crippen LogP contribution in [-0.4, -0.2) is 50.2 Å². The van der Waals surface area contributed by atoms with E-state index in [2.05, 4.69) is 31.0 Å². The van der Waals surface area contributed by atoms with E-state index in [1.165, 1.54) is 0 Å². The monoisotopic (exact) mass is 270 g/mol. The van der Waals surface area contributed by atoms with Crippen LogP contribution in [0.5, 0.6) is 0 Å². The second kappa shape index (κ2) is 6.23. The van der Waals surface area contributed by atoms with Crippen molar-refractivity contribution in [3.63, 3.8) is 0 Å². The lowest BCUT2D eigenvalue weighted by molar-refractivity contribution is -0.153. The molecule has 2 atom stereocenters. The molecule has 0 amide bonds. The van der Waals surface area contributed by atoms with Crippen LogP contribution in [0.4, 0.5) is 0 Å². The van der Waals surface area contributed by atoms with Crippen LogP contribution in [0.15, 0.2) is 0 Å². The first kappa shape index (κ1) is 16.4. The topological polar surface area (TPSA) is 41.6 Å². The summed E-state index contributed by atoms with van der Waals surface area (Å²) in [6.07, 6.45) is 1.91. The maximum absolute atomic E-state index is 12.4. The molecule has 1 aliphatic carbocycles. The van der Waals surface area contributed by atoms with Crippen molar-refractivity contribution in [1.29, 1.82) is 0 Å². The van der Waals surface area contributed by atoms with Gasteiger partial charge in [-0.15, -0.1) is 0 Å². The highest BCUT2D eigenvalue weighted by Crippen LogP contribution is 2.48. The summed E-state index contributed by atoms with van der Waals surface area (Å²) in [5, 5.41) is 3.50. The molecule has 2 unspecified atom stereocenters. The predicted molar refractivity (Wildman–Crippen MR) is 78.1 cm³/mol. The van der Waals surface area contributed by atoms with Gasteiger partial charge in [-0.3, -0.25) is 4.79 Å². The molecule has 1 aliphatic rings. The zero-order valence-corrected chi connectivity index (χ0v) is 13.4. The lowest BCUT2D eigenvalue weighted by atomic mass is 9.86. The van der Waals surface area contributed by atoms with E-state index in [0.29, 0.717) is 12.5 Å². The molecule has 0 aromatic rings. The molecule has 0 heterocycles. The van der Waals surface area contributed by atoms with Gasteiger partial charge < -0.3 is 15.0 Å². The average Bonchev–Trinajstić information content (AvgIpc) is 2.49. The minimum absolute atomic E-state index is 0.0770. The Morgan fingerprint density at radius 3 is 2.47 bits per heavy atom. The van der Waals surface area contributed by atoms with E-state index in [4.69, 9.17) is 4.74 Å². The van der Waals surface area contributed by atoms with Crippen LogP contribution in [0.25, 0.3) is 0 Å². The average molecular weight is 270 g/mol. The van der Waals surface area contributed by atoms with E-state index in [1.807, 2.05) is 21.0 Å². The van der Waals surface area contributed by atoms with Crippen LogP contribution in [0.2, 0.25) is 0 Å². The third-order valence-corrected chi connectivity index (χ3v) is 4.10. The fraction of sp³-hybridized carbons (Fsp3) is 0.933. The molecule has 1 saturated carbocycles. The second-order valence-corrected chi connectivity index (χ2v) is 6.87. The van der Waals surface area contributed by atoms with Crippen molar-refractivity contribution in [2.45, 2.75) is 46.1 Å². The van der Waals surface area contributed by atoms with Gasteiger partial charge in [0.05, 0.1) is 6.61 Å². The number of ether oxygens (including phenoxy) is 1. The number of likely N-dealkylation sites (N-methyl/N-ethyl adjacent to an activating group) is 1. The molecule has 4 heteroatoms. The fourth-order valence-corrected chi connectivity index (χ4v) is 3.35. The van der Waals surface area contributed by atoms with Crippen LogP contribution in [0, 0.1) is 11.3 Å². The molecule has 112 valence electrons. The zero-order valence-electron chi connectivity index (χ0n) is 13.4. The number of hydrogen-bond donors (Lipinski definition) is 1. The number of hydrogen-bond acceptors (Lipinski definition) is 4. The van der Waals surface area contributed by atoms with Crippen LogP contribution in [0.3, 0.4) is 0 Å². The molecular weight excluding hydrogens is 240 g/mol. The molecule has 1 fully saturated rings. The van der Waals surface area contributed by atoms with Gasteiger partial charge in [0.25, 0.3) is 0 Å². The fourth-order valence-electron chi connectivity index (χ4n) is 3.35. The molecule has 0 bridgehead atoms. The smallest absolute Gasteiger partial charge is 0.326 e. The Balaban J connectivity index is 2.82. The first-order chi connectivity index (χ1) is 8.73. The third kappa shape index (κ3) is 3.93. The van der Waals surface area contributed by atoms with Crippen molar-refractivity contribution in [2.24, 2.45) is 11.3 Å². The summed E-state index contributed by atoms with van der Waals surface area (Å²) in [5.74, 6) is 0.232. The molecule has 0 aromatic carbocycles. The van der Waals surface area contributed by atoms with Crippen molar-refractivity contribution >= 4 is 5.97 Å². The Labute approximate surface area is 117 Å². The number of rotatable bonds is 6. The lowest BCUT2D eigenvalue weighted by Crippen LogP contribution is -2.56. The molecule has 1 N–H and O–H groups in total. The van der Waals surface area contributed by atoms with Gasteiger partial charge in [0.15, 0.2) is 0 Å². The highest BCUT2D eigenvalue weighted by Gasteiger charge is 2.54. The van der Waals surface area contributed by atoms with Gasteiger partial charge in [0.2, 0.25) is 0 Å². The number of carbonyl (C=O) groups excluding carboxylic acids is 1. The highest BCUT2D eigenvalue weighted by molar-refractivity contribution is 5.82. The summed E-state index contributed by atoms with van der Waals surface area (Å²) < 4.78 is 5.34. The quantitative estimate of drug-likeness (QED) is 0.749. The largest absolute Gasteiger partial charge is 0.465 e. The Morgan fingerprint density at radius 1 is 1.42 bits per heavy atom. The molecule has 19 heavy (non-hydrogen) atoms. The molecule has 0 aliphatic heterocycles. The van der Waals surface area contributed by atoms with Gasteiger partial charge in [-0.25, -0.2) is 0 Å². The van der Waals surface area contributed by atoms with Gasteiger partial charge in [0, 0.05) is 13.1 Å². The molecule has 0 aromatic heterocycles. The van der Waals surface area contributed by atoms with Gasteiger partial charge in [-0.05, 0) is 45.2 Å². The Bertz CT molecular complexity index is 315. The standard InChI is InChI=1S/C15H30N2O2/c1-7-19-13(18)15(16-8-9-17(5)6)11-14(3,4)10-12(15)2/h12,16H,7-11H2,1-6H3. The number of esters is 1. The van der Waals surface area contributed by atoms with Gasteiger partial charge in [0.1, 0.15) is 5.54 Å². The van der Waals surface area contributed by atoms with E-state index >= 15 is 0 Å². The number of carbonyl (C=O) groups is 1. The lowest BCUT2D eigenvalue weighted by Gasteiger charge is -2.33. The maximum Gasteiger partial charge on any atom is 0.326 e. The Kier molecular flexibility index (Phi) is 5.39. The van der Waals surface area contributed by atoms with Crippen LogP contribution in [0.1, 0.15) is 40.5 Å². The first-order valence-electron chi connectivity index (χ1n) is 7.30. The molecule has 1 rings (SSSR count). The normalized spacial score (nSPS) is 29.7. The summed E-state index contributed by atoms with van der Waals surface area (Å²) >= 11 is 0. The minimum atomic E-state index is -0.504. The van der Waals surface area contributed by atoms with Crippen molar-refractivity contribution in [2.75, 3.05) is 33.8 Å². The summed E-state index contributed by atoms with van der Waals surface area (Å²) in [4.78, 5) is 14.6. The van der Waals surface area contributed by atoms with Crippen LogP contribution in [-0.2, 0) is 9.53 Å². The van der Waals surface area contributed by atoms with Gasteiger partial charge in [-0.1, -0.05) is 20.8 Å². The first-order valence-corrected chi connectivity index (χ1v) is 7.30. The molecule has 0 spiro atoms. The molecule has 0 radical (unpaired) electrons. The van der Waals surface area contributed by atoms with Crippen molar-refractivity contribution in [3.8, 4) is 0 Å². The molecule has 4 nitrogen and oxygen atoms in total. The number of nitrogens with one attached hydrogen (secondary N) is 1. The van der Waals surface area contributed by atoms with E-state index in [0.717, 1.165) is 25.9 Å². The van der Waals surface area contributed by atoms with E-state index < -0.39 is 5.54 Å². The summed E-state index contributed by atoms with van der Waals surface area (Å²) in [6.45, 7) is 10.7. The summed E-state index contributed by atoms with van der Waals surface area (Å²) in [5.41, 5.74) is -0.313. The van der Waals surface area contributed by atoms with E-state index in [1.54, 1.807) is 0 Å². The number of nitrogens with zero attached hydrogens (tertiary/aromatic N) is 1. The summed E-state index contributed by atoms with van der Waals surface area (Å²) in [6, 6.07) is 0. The van der Waals surface area contributed by atoms with Crippen LogP contribution < -0.4 is 5.32 Å². The second-order valence-electron chi connectivity index (χ2n) is 6.87. The van der Waals surface area contributed by atoms with Crippen molar-refractivity contribution < 1.29 is 9.53 Å². The Hall–Kier alpha value is -0.610. The zero-order chi connectivity index (χ0) is 14.7. The van der Waals surface area contributed by atoms with Gasteiger partial charge >= 0.3 is 5.97 Å².